The maximum atomic E-state index is 12.3. The monoisotopic (exact) mass is 209 g/mol. The Hall–Kier alpha value is 0.0564. The maximum absolute atomic E-state index is 12.3. The first-order valence-electron chi connectivity index (χ1n) is 3.40. The number of aliphatic carboxylic acids is 1. The number of benzene rings is 1. The van der Waals surface area contributed by atoms with Crippen LogP contribution in [0.5, 0.6) is 0 Å². The molecule has 0 unspecified atom stereocenters. The first-order valence-corrected chi connectivity index (χ1v) is 3.40. The third-order valence-electron chi connectivity index (χ3n) is 1.29. The molecular formula is C8H9FKNO2. The van der Waals surface area contributed by atoms with Crippen LogP contribution in [-0.4, -0.2) is 17.6 Å². The molecule has 0 amide bonds. The Labute approximate surface area is 119 Å². The predicted octanol–water partition coefficient (Wildman–Crippen LogP) is -1.56. The van der Waals surface area contributed by atoms with Crippen molar-refractivity contribution in [3.05, 3.63) is 30.1 Å². The van der Waals surface area contributed by atoms with E-state index in [0.29, 0.717) is 5.69 Å². The second kappa shape index (κ2) is 6.50. The zero-order valence-electron chi connectivity index (χ0n) is 8.25. The third kappa shape index (κ3) is 5.38. The Morgan fingerprint density at radius 2 is 2.00 bits per heavy atom. The fourth-order valence-corrected chi connectivity index (χ4v) is 0.745. The summed E-state index contributed by atoms with van der Waals surface area (Å²) >= 11 is 0. The number of nitrogens with one attached hydrogen (secondary N) is 1. The second-order valence-corrected chi connectivity index (χ2v) is 2.25. The van der Waals surface area contributed by atoms with Gasteiger partial charge in [-0.25, -0.2) is 4.39 Å². The standard InChI is InChI=1S/C8H8FNO2.K.H/c9-6-1-3-7(4-2-6)10-5-8(11)12;;/h1-4,10H,5H2,(H,11,12);;/q;+1;-1. The molecule has 2 N–H and O–H groups in total. The number of carboxylic acid groups (broad SMARTS) is 1. The number of carboxylic acids is 1. The molecule has 0 atom stereocenters. The molecule has 0 radical (unpaired) electrons. The molecule has 1 rings (SSSR count). The van der Waals surface area contributed by atoms with E-state index in [4.69, 9.17) is 5.11 Å². The van der Waals surface area contributed by atoms with Crippen molar-refractivity contribution in [2.24, 2.45) is 0 Å². The number of hydrogen-bond donors (Lipinski definition) is 2. The van der Waals surface area contributed by atoms with Gasteiger partial charge < -0.3 is 11.8 Å². The van der Waals surface area contributed by atoms with E-state index in [1.165, 1.54) is 24.3 Å². The van der Waals surface area contributed by atoms with E-state index in [1.54, 1.807) is 0 Å². The summed E-state index contributed by atoms with van der Waals surface area (Å²) in [6.45, 7) is -0.161. The Bertz CT molecular complexity index is 281. The largest absolute Gasteiger partial charge is 1.00 e. The molecule has 13 heavy (non-hydrogen) atoms. The van der Waals surface area contributed by atoms with Gasteiger partial charge >= 0.3 is 57.4 Å². The van der Waals surface area contributed by atoms with Gasteiger partial charge in [0.25, 0.3) is 0 Å². The van der Waals surface area contributed by atoms with Gasteiger partial charge in [0.05, 0.1) is 0 Å². The average molecular weight is 209 g/mol. The molecule has 0 heterocycles. The van der Waals surface area contributed by atoms with Gasteiger partial charge in [0, 0.05) is 5.69 Å². The summed E-state index contributed by atoms with van der Waals surface area (Å²) < 4.78 is 12.3. The quantitative estimate of drug-likeness (QED) is 0.592. The van der Waals surface area contributed by atoms with Gasteiger partial charge in [0.1, 0.15) is 12.4 Å². The van der Waals surface area contributed by atoms with Crippen LogP contribution in [0.25, 0.3) is 0 Å². The Morgan fingerprint density at radius 1 is 1.46 bits per heavy atom. The van der Waals surface area contributed by atoms with Gasteiger partial charge in [-0.3, -0.25) is 4.79 Å². The Balaban J connectivity index is 0. The summed E-state index contributed by atoms with van der Waals surface area (Å²) in [5.74, 6) is -1.28. The number of hydrogen-bond acceptors (Lipinski definition) is 2. The minimum atomic E-state index is -0.945. The van der Waals surface area contributed by atoms with Gasteiger partial charge in [-0.15, -0.1) is 0 Å². The molecule has 0 saturated carbocycles. The minimum Gasteiger partial charge on any atom is -1.00 e. The van der Waals surface area contributed by atoms with Crippen molar-refractivity contribution >= 4 is 11.7 Å². The zero-order chi connectivity index (χ0) is 8.97. The number of carbonyl (C=O) groups is 1. The summed E-state index contributed by atoms with van der Waals surface area (Å²) in [7, 11) is 0. The molecule has 1 aromatic rings. The smallest absolute Gasteiger partial charge is 1.00 e. The molecule has 3 nitrogen and oxygen atoms in total. The van der Waals surface area contributed by atoms with Crippen LogP contribution in [0.4, 0.5) is 10.1 Å². The third-order valence-corrected chi connectivity index (χ3v) is 1.29. The van der Waals surface area contributed by atoms with E-state index >= 15 is 0 Å². The van der Waals surface area contributed by atoms with E-state index in [-0.39, 0.29) is 65.2 Å². The van der Waals surface area contributed by atoms with Crippen LogP contribution in [0, 0.1) is 5.82 Å². The van der Waals surface area contributed by atoms with Crippen molar-refractivity contribution in [2.45, 2.75) is 0 Å². The van der Waals surface area contributed by atoms with E-state index in [9.17, 15) is 9.18 Å². The van der Waals surface area contributed by atoms with E-state index < -0.39 is 5.97 Å². The summed E-state index contributed by atoms with van der Waals surface area (Å²) in [5, 5.41) is 10.9. The van der Waals surface area contributed by atoms with Crippen LogP contribution in [0.15, 0.2) is 24.3 Å². The first-order chi connectivity index (χ1) is 5.68. The summed E-state index contributed by atoms with van der Waals surface area (Å²) in [4.78, 5) is 10.1. The molecule has 0 aliphatic heterocycles. The molecule has 0 aliphatic carbocycles. The summed E-state index contributed by atoms with van der Waals surface area (Å²) in [6.07, 6.45) is 0. The van der Waals surface area contributed by atoms with Crippen molar-refractivity contribution < 1.29 is 67.1 Å². The van der Waals surface area contributed by atoms with Crippen LogP contribution < -0.4 is 56.7 Å². The molecule has 0 aliphatic rings. The molecule has 0 aromatic heterocycles. The van der Waals surface area contributed by atoms with Crippen LogP contribution >= 0.6 is 0 Å². The van der Waals surface area contributed by atoms with Gasteiger partial charge in [-0.1, -0.05) is 0 Å². The first kappa shape index (κ1) is 13.1. The number of anilines is 1. The molecule has 1 aromatic carbocycles. The molecule has 0 spiro atoms. The summed E-state index contributed by atoms with van der Waals surface area (Å²) in [5.41, 5.74) is 0.596. The van der Waals surface area contributed by atoms with Crippen molar-refractivity contribution in [1.29, 1.82) is 0 Å². The maximum Gasteiger partial charge on any atom is 1.00 e. The fraction of sp³-hybridized carbons (Fsp3) is 0.125. The number of halogens is 1. The Morgan fingerprint density at radius 3 is 2.46 bits per heavy atom. The van der Waals surface area contributed by atoms with Gasteiger partial charge in [0.2, 0.25) is 0 Å². The SMILES string of the molecule is O=C(O)CNc1ccc(F)cc1.[H-].[K+]. The van der Waals surface area contributed by atoms with Crippen molar-refractivity contribution in [1.82, 2.24) is 0 Å². The molecule has 66 valence electrons. The molecular weight excluding hydrogens is 200 g/mol. The summed E-state index contributed by atoms with van der Waals surface area (Å²) in [6, 6.07) is 5.50. The van der Waals surface area contributed by atoms with Crippen LogP contribution in [0.1, 0.15) is 1.43 Å². The fourth-order valence-electron chi connectivity index (χ4n) is 0.745. The second-order valence-electron chi connectivity index (χ2n) is 2.25. The zero-order valence-corrected chi connectivity index (χ0v) is 10.4. The number of rotatable bonds is 3. The van der Waals surface area contributed by atoms with Gasteiger partial charge in [-0.05, 0) is 24.3 Å². The van der Waals surface area contributed by atoms with Crippen LogP contribution in [0.2, 0.25) is 0 Å². The van der Waals surface area contributed by atoms with Crippen molar-refractivity contribution in [2.75, 3.05) is 11.9 Å². The van der Waals surface area contributed by atoms with Crippen molar-refractivity contribution in [3.63, 3.8) is 0 Å². The van der Waals surface area contributed by atoms with Crippen molar-refractivity contribution in [3.8, 4) is 0 Å². The van der Waals surface area contributed by atoms with Gasteiger partial charge in [-0.2, -0.15) is 0 Å². The van der Waals surface area contributed by atoms with Crippen LogP contribution in [0.3, 0.4) is 0 Å². The molecule has 0 saturated heterocycles. The average Bonchev–Trinajstić information content (AvgIpc) is 2.03. The molecule has 0 bridgehead atoms. The predicted molar refractivity (Wildman–Crippen MR) is 43.6 cm³/mol. The van der Waals surface area contributed by atoms with Crippen LogP contribution in [-0.2, 0) is 4.79 Å². The molecule has 5 heteroatoms. The normalized spacial score (nSPS) is 8.69. The van der Waals surface area contributed by atoms with E-state index in [1.807, 2.05) is 0 Å². The molecule has 0 fully saturated rings. The van der Waals surface area contributed by atoms with E-state index in [2.05, 4.69) is 5.32 Å². The van der Waals surface area contributed by atoms with Gasteiger partial charge in [0.15, 0.2) is 0 Å². The Kier molecular flexibility index (Phi) is 6.53. The topological polar surface area (TPSA) is 49.3 Å². The van der Waals surface area contributed by atoms with E-state index in [0.717, 1.165) is 0 Å². The minimum absolute atomic E-state index is 0.